The Balaban J connectivity index is 2.64. The Hall–Kier alpha value is -1.88. The number of esters is 1. The summed E-state index contributed by atoms with van der Waals surface area (Å²) in [7, 11) is 0. The zero-order chi connectivity index (χ0) is 16.4. The van der Waals surface area contributed by atoms with Crippen LogP contribution >= 0.6 is 0 Å². The van der Waals surface area contributed by atoms with Crippen LogP contribution in [0.1, 0.15) is 32.3 Å². The molecular formula is C17H25NO4. The second kappa shape index (κ2) is 9.95. The van der Waals surface area contributed by atoms with Gasteiger partial charge in [0, 0.05) is 6.54 Å². The van der Waals surface area contributed by atoms with Gasteiger partial charge in [-0.25, -0.2) is 0 Å². The van der Waals surface area contributed by atoms with E-state index in [1.807, 2.05) is 42.2 Å². The van der Waals surface area contributed by atoms with Crippen LogP contribution in [0.3, 0.4) is 0 Å². The van der Waals surface area contributed by atoms with Crippen molar-refractivity contribution in [2.24, 2.45) is 5.92 Å². The number of ether oxygens (including phenoxy) is 1. The first-order chi connectivity index (χ1) is 10.6. The molecule has 1 rings (SSSR count). The minimum Gasteiger partial charge on any atom is -0.481 e. The number of hydrogen-bond donors (Lipinski definition) is 1. The molecule has 0 aliphatic heterocycles. The fourth-order valence-electron chi connectivity index (χ4n) is 2.29. The lowest BCUT2D eigenvalue weighted by Gasteiger charge is -2.23. The summed E-state index contributed by atoms with van der Waals surface area (Å²) in [5.41, 5.74) is 1.09. The molecule has 0 aromatic heterocycles. The molecular weight excluding hydrogens is 282 g/mol. The first-order valence-electron chi connectivity index (χ1n) is 7.71. The van der Waals surface area contributed by atoms with Crippen molar-refractivity contribution in [1.29, 1.82) is 0 Å². The Morgan fingerprint density at radius 1 is 1.23 bits per heavy atom. The minimum atomic E-state index is -0.779. The van der Waals surface area contributed by atoms with E-state index >= 15 is 0 Å². The van der Waals surface area contributed by atoms with Gasteiger partial charge in [0.05, 0.1) is 19.1 Å². The average Bonchev–Trinajstić information content (AvgIpc) is 2.48. The van der Waals surface area contributed by atoms with Crippen molar-refractivity contribution in [2.45, 2.75) is 33.2 Å². The largest absolute Gasteiger partial charge is 0.481 e. The van der Waals surface area contributed by atoms with E-state index in [0.29, 0.717) is 32.5 Å². The number of carboxylic acids is 1. The summed E-state index contributed by atoms with van der Waals surface area (Å²) in [6.45, 7) is 5.33. The van der Waals surface area contributed by atoms with E-state index in [0.717, 1.165) is 5.56 Å². The lowest BCUT2D eigenvalue weighted by molar-refractivity contribution is -0.144. The smallest absolute Gasteiger partial charge is 0.320 e. The Kier molecular flexibility index (Phi) is 8.22. The Bertz CT molecular complexity index is 461. The van der Waals surface area contributed by atoms with Crippen LogP contribution in [0.2, 0.25) is 0 Å². The zero-order valence-electron chi connectivity index (χ0n) is 13.3. The number of hydrogen-bond acceptors (Lipinski definition) is 4. The van der Waals surface area contributed by atoms with Crippen LogP contribution in [0.15, 0.2) is 30.3 Å². The van der Waals surface area contributed by atoms with Crippen molar-refractivity contribution in [1.82, 2.24) is 4.90 Å². The summed E-state index contributed by atoms with van der Waals surface area (Å²) in [4.78, 5) is 24.8. The highest BCUT2D eigenvalue weighted by Gasteiger charge is 2.18. The van der Waals surface area contributed by atoms with Crippen molar-refractivity contribution >= 4 is 11.9 Å². The molecule has 1 aromatic rings. The Labute approximate surface area is 131 Å². The summed E-state index contributed by atoms with van der Waals surface area (Å²) in [5.74, 6) is -1.43. The number of carbonyl (C=O) groups excluding carboxylic acids is 1. The normalized spacial score (nSPS) is 12.1. The highest BCUT2D eigenvalue weighted by Crippen LogP contribution is 2.12. The van der Waals surface area contributed by atoms with E-state index in [1.165, 1.54) is 0 Å². The molecule has 1 atom stereocenters. The molecule has 5 heteroatoms. The number of rotatable bonds is 10. The fourth-order valence-corrected chi connectivity index (χ4v) is 2.29. The van der Waals surface area contributed by atoms with Crippen molar-refractivity contribution in [3.05, 3.63) is 35.9 Å². The molecule has 0 saturated carbocycles. The van der Waals surface area contributed by atoms with Gasteiger partial charge in [0.1, 0.15) is 0 Å². The molecule has 1 N–H and O–H groups in total. The monoisotopic (exact) mass is 307 g/mol. The first-order valence-corrected chi connectivity index (χ1v) is 7.71. The molecule has 0 bridgehead atoms. The van der Waals surface area contributed by atoms with Crippen molar-refractivity contribution in [3.63, 3.8) is 0 Å². The van der Waals surface area contributed by atoms with Crippen LogP contribution in [0.25, 0.3) is 0 Å². The highest BCUT2D eigenvalue weighted by atomic mass is 16.5. The van der Waals surface area contributed by atoms with E-state index in [2.05, 4.69) is 0 Å². The lowest BCUT2D eigenvalue weighted by Crippen LogP contribution is -2.33. The molecule has 0 aliphatic rings. The summed E-state index contributed by atoms with van der Waals surface area (Å²) >= 11 is 0. The topological polar surface area (TPSA) is 66.8 Å². The van der Waals surface area contributed by atoms with E-state index in [-0.39, 0.29) is 18.4 Å². The molecule has 0 fully saturated rings. The van der Waals surface area contributed by atoms with Crippen LogP contribution in [0.5, 0.6) is 0 Å². The molecule has 22 heavy (non-hydrogen) atoms. The lowest BCUT2D eigenvalue weighted by atomic mass is 10.0. The Morgan fingerprint density at radius 2 is 1.91 bits per heavy atom. The summed E-state index contributed by atoms with van der Waals surface area (Å²) in [6.07, 6.45) is 1.12. The van der Waals surface area contributed by atoms with Crippen molar-refractivity contribution in [2.75, 3.05) is 19.7 Å². The summed E-state index contributed by atoms with van der Waals surface area (Å²) < 4.78 is 4.99. The standard InChI is InChI=1S/C17H25NO4/c1-3-15(17(20)21)10-11-18(13-16(19)22-4-2)12-14-8-6-5-7-9-14/h5-9,15H,3-4,10-13H2,1-2H3,(H,20,21). The van der Waals surface area contributed by atoms with Crippen LogP contribution in [0, 0.1) is 5.92 Å². The fraction of sp³-hybridized carbons (Fsp3) is 0.529. The van der Waals surface area contributed by atoms with Gasteiger partial charge in [0.25, 0.3) is 0 Å². The van der Waals surface area contributed by atoms with Gasteiger partial charge < -0.3 is 9.84 Å². The molecule has 122 valence electrons. The predicted molar refractivity (Wildman–Crippen MR) is 84.4 cm³/mol. The van der Waals surface area contributed by atoms with Gasteiger partial charge in [0.2, 0.25) is 0 Å². The number of aliphatic carboxylic acids is 1. The number of carbonyl (C=O) groups is 2. The van der Waals surface area contributed by atoms with Gasteiger partial charge in [-0.1, -0.05) is 37.3 Å². The molecule has 0 heterocycles. The van der Waals surface area contributed by atoms with Crippen LogP contribution < -0.4 is 0 Å². The minimum absolute atomic E-state index is 0.179. The van der Waals surface area contributed by atoms with Crippen LogP contribution in [0.4, 0.5) is 0 Å². The SMILES string of the molecule is CCOC(=O)CN(CCC(CC)C(=O)O)Cc1ccccc1. The maximum absolute atomic E-state index is 11.7. The highest BCUT2D eigenvalue weighted by molar-refractivity contribution is 5.71. The van der Waals surface area contributed by atoms with Gasteiger partial charge in [0.15, 0.2) is 0 Å². The molecule has 0 saturated heterocycles. The van der Waals surface area contributed by atoms with E-state index < -0.39 is 5.97 Å². The third-order valence-corrected chi connectivity index (χ3v) is 3.54. The number of benzene rings is 1. The van der Waals surface area contributed by atoms with Crippen molar-refractivity contribution < 1.29 is 19.4 Å². The number of carboxylic acid groups (broad SMARTS) is 1. The Morgan fingerprint density at radius 3 is 2.45 bits per heavy atom. The van der Waals surface area contributed by atoms with Gasteiger partial charge in [-0.2, -0.15) is 0 Å². The maximum atomic E-state index is 11.7. The molecule has 5 nitrogen and oxygen atoms in total. The molecule has 0 aliphatic carbocycles. The van der Waals surface area contributed by atoms with Crippen LogP contribution in [-0.2, 0) is 20.9 Å². The average molecular weight is 307 g/mol. The van der Waals surface area contributed by atoms with Crippen LogP contribution in [-0.4, -0.2) is 41.6 Å². The maximum Gasteiger partial charge on any atom is 0.320 e. The first kappa shape index (κ1) is 18.2. The van der Waals surface area contributed by atoms with Gasteiger partial charge in [-0.15, -0.1) is 0 Å². The molecule has 0 radical (unpaired) electrons. The summed E-state index contributed by atoms with van der Waals surface area (Å²) in [5, 5.41) is 9.13. The predicted octanol–water partition coefficient (Wildman–Crippen LogP) is 2.55. The van der Waals surface area contributed by atoms with Crippen molar-refractivity contribution in [3.8, 4) is 0 Å². The number of nitrogens with zero attached hydrogens (tertiary/aromatic N) is 1. The molecule has 0 spiro atoms. The van der Waals surface area contributed by atoms with E-state index in [1.54, 1.807) is 6.92 Å². The zero-order valence-corrected chi connectivity index (χ0v) is 13.3. The van der Waals surface area contributed by atoms with Gasteiger partial charge in [-0.05, 0) is 31.9 Å². The third kappa shape index (κ3) is 6.72. The van der Waals surface area contributed by atoms with E-state index in [9.17, 15) is 9.59 Å². The molecule has 1 aromatic carbocycles. The van der Waals surface area contributed by atoms with Gasteiger partial charge in [-0.3, -0.25) is 14.5 Å². The van der Waals surface area contributed by atoms with Gasteiger partial charge >= 0.3 is 11.9 Å². The molecule has 1 unspecified atom stereocenters. The molecule has 0 amide bonds. The quantitative estimate of drug-likeness (QED) is 0.673. The second-order valence-corrected chi connectivity index (χ2v) is 5.23. The third-order valence-electron chi connectivity index (χ3n) is 3.54. The second-order valence-electron chi connectivity index (χ2n) is 5.23. The van der Waals surface area contributed by atoms with E-state index in [4.69, 9.17) is 9.84 Å². The summed E-state index contributed by atoms with van der Waals surface area (Å²) in [6, 6.07) is 9.82.